The molecule has 0 amide bonds. The molecule has 1 aromatic rings. The Balaban J connectivity index is 2.37. The molecule has 1 aliphatic rings. The number of ketones is 1. The first kappa shape index (κ1) is 15.2. The fourth-order valence-electron chi connectivity index (χ4n) is 3.25. The van der Waals surface area contributed by atoms with Gasteiger partial charge in [0.1, 0.15) is 5.82 Å². The molecule has 0 atom stereocenters. The van der Waals surface area contributed by atoms with Gasteiger partial charge in [0.15, 0.2) is 5.78 Å². The van der Waals surface area contributed by atoms with E-state index in [0.29, 0.717) is 11.1 Å². The normalized spacial score (nSPS) is 18.9. The van der Waals surface area contributed by atoms with Crippen LogP contribution in [0.25, 0.3) is 0 Å². The molecule has 0 aliphatic heterocycles. The molecule has 0 spiro atoms. The van der Waals surface area contributed by atoms with Crippen LogP contribution in [0.2, 0.25) is 0 Å². The number of aryl methyl sites for hydroxylation is 1. The van der Waals surface area contributed by atoms with Crippen LogP contribution >= 0.6 is 0 Å². The summed E-state index contributed by atoms with van der Waals surface area (Å²) in [7, 11) is 3.97. The number of likely N-dealkylation sites (N-methyl/N-ethyl adjacent to an activating group) is 1. The van der Waals surface area contributed by atoms with E-state index in [-0.39, 0.29) is 11.6 Å². The zero-order valence-corrected chi connectivity index (χ0v) is 12.7. The van der Waals surface area contributed by atoms with E-state index in [1.807, 2.05) is 14.1 Å². The second-order valence-electron chi connectivity index (χ2n) is 6.13. The number of benzene rings is 1. The minimum absolute atomic E-state index is 0.146. The highest BCUT2D eigenvalue weighted by atomic mass is 19.1. The Morgan fingerprint density at radius 2 is 1.75 bits per heavy atom. The van der Waals surface area contributed by atoms with Crippen LogP contribution < -0.4 is 0 Å². The highest BCUT2D eigenvalue weighted by molar-refractivity contribution is 6.03. The van der Waals surface area contributed by atoms with E-state index < -0.39 is 5.54 Å². The lowest BCUT2D eigenvalue weighted by Gasteiger charge is -2.38. The Kier molecular flexibility index (Phi) is 4.59. The number of carbonyl (C=O) groups is 1. The van der Waals surface area contributed by atoms with Gasteiger partial charge in [0, 0.05) is 5.56 Å². The first-order chi connectivity index (χ1) is 9.47. The van der Waals surface area contributed by atoms with Gasteiger partial charge in [-0.05, 0) is 57.6 Å². The zero-order valence-electron chi connectivity index (χ0n) is 12.7. The van der Waals surface area contributed by atoms with Gasteiger partial charge in [0.2, 0.25) is 0 Å². The van der Waals surface area contributed by atoms with Crippen molar-refractivity contribution in [2.75, 3.05) is 14.1 Å². The number of hydrogen-bond donors (Lipinski definition) is 0. The van der Waals surface area contributed by atoms with E-state index in [9.17, 15) is 9.18 Å². The summed E-state index contributed by atoms with van der Waals surface area (Å²) in [5.41, 5.74) is 0.763. The van der Waals surface area contributed by atoms with Gasteiger partial charge in [-0.15, -0.1) is 0 Å². The fraction of sp³-hybridized carbons (Fsp3) is 0.588. The van der Waals surface area contributed by atoms with Crippen molar-refractivity contribution in [3.63, 3.8) is 0 Å². The lowest BCUT2D eigenvalue weighted by atomic mass is 9.81. The Morgan fingerprint density at radius 3 is 2.25 bits per heavy atom. The smallest absolute Gasteiger partial charge is 0.183 e. The molecule has 0 bridgehead atoms. The van der Waals surface area contributed by atoms with Gasteiger partial charge in [0.25, 0.3) is 0 Å². The summed E-state index contributed by atoms with van der Waals surface area (Å²) in [5, 5.41) is 0. The standard InChI is InChI=1S/C17H24FNO/c1-13-12-14(8-9-15(13)18)16(20)17(19(2)3)10-6-4-5-7-11-17/h8-9,12H,4-7,10-11H2,1-3H3. The molecular weight excluding hydrogens is 253 g/mol. The van der Waals surface area contributed by atoms with Crippen LogP contribution in [0.1, 0.15) is 54.4 Å². The second kappa shape index (κ2) is 6.04. The van der Waals surface area contributed by atoms with Crippen molar-refractivity contribution in [2.24, 2.45) is 0 Å². The molecule has 0 aromatic heterocycles. The van der Waals surface area contributed by atoms with Crippen molar-refractivity contribution in [1.29, 1.82) is 0 Å². The summed E-state index contributed by atoms with van der Waals surface area (Å²) >= 11 is 0. The third-order valence-corrected chi connectivity index (χ3v) is 4.63. The van der Waals surface area contributed by atoms with Crippen molar-refractivity contribution in [3.8, 4) is 0 Å². The average Bonchev–Trinajstić information content (AvgIpc) is 2.67. The number of halogens is 1. The van der Waals surface area contributed by atoms with Gasteiger partial charge in [-0.2, -0.15) is 0 Å². The number of rotatable bonds is 3. The van der Waals surface area contributed by atoms with Gasteiger partial charge in [-0.25, -0.2) is 4.39 Å². The molecule has 1 fully saturated rings. The van der Waals surface area contributed by atoms with Gasteiger partial charge < -0.3 is 0 Å². The molecule has 1 aliphatic carbocycles. The van der Waals surface area contributed by atoms with Crippen molar-refractivity contribution in [3.05, 3.63) is 35.1 Å². The number of nitrogens with zero attached hydrogens (tertiary/aromatic N) is 1. The fourth-order valence-corrected chi connectivity index (χ4v) is 3.25. The number of Topliss-reactive ketones (excluding diaryl/α,β-unsaturated/α-hetero) is 1. The Morgan fingerprint density at radius 1 is 1.15 bits per heavy atom. The van der Waals surface area contributed by atoms with Crippen molar-refractivity contribution < 1.29 is 9.18 Å². The lowest BCUT2D eigenvalue weighted by molar-refractivity contribution is 0.0635. The maximum atomic E-state index is 13.4. The maximum absolute atomic E-state index is 13.4. The van der Waals surface area contributed by atoms with Gasteiger partial charge >= 0.3 is 0 Å². The minimum atomic E-state index is -0.416. The summed E-state index contributed by atoms with van der Waals surface area (Å²) in [6, 6.07) is 4.72. The summed E-state index contributed by atoms with van der Waals surface area (Å²) < 4.78 is 13.4. The van der Waals surface area contributed by atoms with Crippen LogP contribution in [-0.2, 0) is 0 Å². The van der Waals surface area contributed by atoms with Crippen LogP contribution in [0.4, 0.5) is 4.39 Å². The predicted octanol–water partition coefficient (Wildman–Crippen LogP) is 3.97. The first-order valence-corrected chi connectivity index (χ1v) is 7.46. The van der Waals surface area contributed by atoms with E-state index in [1.165, 1.54) is 18.9 Å². The highest BCUT2D eigenvalue weighted by Gasteiger charge is 2.40. The molecule has 0 saturated heterocycles. The lowest BCUT2D eigenvalue weighted by Crippen LogP contribution is -2.50. The summed E-state index contributed by atoms with van der Waals surface area (Å²) in [5.74, 6) is -0.103. The molecule has 0 N–H and O–H groups in total. The first-order valence-electron chi connectivity index (χ1n) is 7.46. The molecule has 110 valence electrons. The molecule has 20 heavy (non-hydrogen) atoms. The second-order valence-corrected chi connectivity index (χ2v) is 6.13. The van der Waals surface area contributed by atoms with E-state index in [1.54, 1.807) is 19.1 Å². The van der Waals surface area contributed by atoms with Crippen LogP contribution in [0.15, 0.2) is 18.2 Å². The van der Waals surface area contributed by atoms with E-state index >= 15 is 0 Å². The Hall–Kier alpha value is -1.22. The van der Waals surface area contributed by atoms with Crippen LogP contribution in [0.5, 0.6) is 0 Å². The highest BCUT2D eigenvalue weighted by Crippen LogP contribution is 2.34. The molecule has 0 radical (unpaired) electrons. The Bertz CT molecular complexity index is 488. The van der Waals surface area contributed by atoms with Crippen LogP contribution in [-0.4, -0.2) is 30.3 Å². The maximum Gasteiger partial charge on any atom is 0.183 e. The summed E-state index contributed by atoms with van der Waals surface area (Å²) in [4.78, 5) is 15.1. The monoisotopic (exact) mass is 277 g/mol. The molecule has 1 aromatic carbocycles. The minimum Gasteiger partial charge on any atom is -0.297 e. The molecule has 1 saturated carbocycles. The van der Waals surface area contributed by atoms with Gasteiger partial charge in [-0.3, -0.25) is 9.69 Å². The molecule has 0 unspecified atom stereocenters. The van der Waals surface area contributed by atoms with Crippen LogP contribution in [0.3, 0.4) is 0 Å². The summed E-state index contributed by atoms with van der Waals surface area (Å²) in [6.45, 7) is 1.71. The number of hydrogen-bond acceptors (Lipinski definition) is 2. The third kappa shape index (κ3) is 2.78. The number of carbonyl (C=O) groups excluding carboxylic acids is 1. The van der Waals surface area contributed by atoms with Crippen molar-refractivity contribution in [2.45, 2.75) is 51.0 Å². The molecule has 0 heterocycles. The van der Waals surface area contributed by atoms with Crippen LogP contribution in [0, 0.1) is 12.7 Å². The predicted molar refractivity (Wildman–Crippen MR) is 79.6 cm³/mol. The van der Waals surface area contributed by atoms with E-state index in [0.717, 1.165) is 25.7 Å². The molecular formula is C17H24FNO. The molecule has 3 heteroatoms. The van der Waals surface area contributed by atoms with Gasteiger partial charge in [0.05, 0.1) is 5.54 Å². The molecule has 2 rings (SSSR count). The average molecular weight is 277 g/mol. The summed E-state index contributed by atoms with van der Waals surface area (Å²) in [6.07, 6.45) is 6.37. The topological polar surface area (TPSA) is 20.3 Å². The largest absolute Gasteiger partial charge is 0.297 e. The molecule has 2 nitrogen and oxygen atoms in total. The SMILES string of the molecule is Cc1cc(C(=O)C2(N(C)C)CCCCCC2)ccc1F. The van der Waals surface area contributed by atoms with E-state index in [4.69, 9.17) is 0 Å². The third-order valence-electron chi connectivity index (χ3n) is 4.63. The quantitative estimate of drug-likeness (QED) is 0.615. The Labute approximate surface area is 121 Å². The van der Waals surface area contributed by atoms with E-state index in [2.05, 4.69) is 4.90 Å². The van der Waals surface area contributed by atoms with Crippen molar-refractivity contribution >= 4 is 5.78 Å². The zero-order chi connectivity index (χ0) is 14.8. The van der Waals surface area contributed by atoms with Gasteiger partial charge in [-0.1, -0.05) is 25.7 Å². The van der Waals surface area contributed by atoms with Crippen molar-refractivity contribution in [1.82, 2.24) is 4.90 Å².